The van der Waals surface area contributed by atoms with Gasteiger partial charge in [0.05, 0.1) is 10.8 Å². The number of nitrogens with one attached hydrogen (secondary N) is 1. The number of piperidine rings is 1. The molecule has 7 heteroatoms. The second-order valence-electron chi connectivity index (χ2n) is 6.60. The van der Waals surface area contributed by atoms with Crippen LogP contribution >= 0.6 is 11.5 Å². The molecule has 1 unspecified atom stereocenters. The van der Waals surface area contributed by atoms with Gasteiger partial charge in [0.1, 0.15) is 0 Å². The van der Waals surface area contributed by atoms with Crippen LogP contribution in [0.5, 0.6) is 0 Å². The normalized spacial score (nSPS) is 20.2. The van der Waals surface area contributed by atoms with Crippen molar-refractivity contribution in [1.82, 2.24) is 19.8 Å². The van der Waals surface area contributed by atoms with Gasteiger partial charge in [-0.05, 0) is 49.3 Å². The van der Waals surface area contributed by atoms with Gasteiger partial charge in [-0.1, -0.05) is 34.8 Å². The van der Waals surface area contributed by atoms with Gasteiger partial charge in [-0.15, -0.1) is 5.10 Å². The van der Waals surface area contributed by atoms with E-state index in [4.69, 9.17) is 0 Å². The molecule has 1 atom stereocenters. The quantitative estimate of drug-likeness (QED) is 0.851. The van der Waals surface area contributed by atoms with Gasteiger partial charge in [0.25, 0.3) is 5.91 Å². The highest BCUT2D eigenvalue weighted by Crippen LogP contribution is 2.33. The van der Waals surface area contributed by atoms with Crippen LogP contribution in [-0.2, 0) is 4.79 Å². The summed E-state index contributed by atoms with van der Waals surface area (Å²) in [7, 11) is 0. The van der Waals surface area contributed by atoms with Crippen LogP contribution in [-0.4, -0.2) is 45.4 Å². The predicted molar refractivity (Wildman–Crippen MR) is 95.1 cm³/mol. The number of aromatic nitrogens is 2. The fourth-order valence-corrected chi connectivity index (χ4v) is 3.92. The molecule has 4 rings (SSSR count). The SMILES string of the molecule is O=C(c1nnsc1-c1ccccc1)N(C(=O)C1CCCNC1)C1CC1. The van der Waals surface area contributed by atoms with E-state index < -0.39 is 0 Å². The average Bonchev–Trinajstić information content (AvgIpc) is 3.37. The Morgan fingerprint density at radius 3 is 2.64 bits per heavy atom. The number of imide groups is 1. The van der Waals surface area contributed by atoms with Crippen molar-refractivity contribution in [2.45, 2.75) is 31.7 Å². The third-order valence-corrected chi connectivity index (χ3v) is 5.52. The Morgan fingerprint density at radius 1 is 1.16 bits per heavy atom. The fourth-order valence-electron chi connectivity index (χ4n) is 3.26. The summed E-state index contributed by atoms with van der Waals surface area (Å²) < 4.78 is 3.97. The van der Waals surface area contributed by atoms with Crippen LogP contribution in [0.2, 0.25) is 0 Å². The van der Waals surface area contributed by atoms with Gasteiger partial charge >= 0.3 is 0 Å². The van der Waals surface area contributed by atoms with E-state index in [-0.39, 0.29) is 23.8 Å². The predicted octanol–water partition coefficient (Wildman–Crippen LogP) is 2.34. The maximum absolute atomic E-state index is 13.2. The molecule has 2 aliphatic rings. The minimum absolute atomic E-state index is 0.0206. The summed E-state index contributed by atoms with van der Waals surface area (Å²) in [6.45, 7) is 1.59. The van der Waals surface area contributed by atoms with Crippen molar-refractivity contribution in [1.29, 1.82) is 0 Å². The molecule has 0 radical (unpaired) electrons. The van der Waals surface area contributed by atoms with E-state index in [2.05, 4.69) is 14.9 Å². The minimum Gasteiger partial charge on any atom is -0.316 e. The zero-order valence-corrected chi connectivity index (χ0v) is 14.7. The average molecular weight is 356 g/mol. The van der Waals surface area contributed by atoms with Crippen LogP contribution in [0.4, 0.5) is 0 Å². The van der Waals surface area contributed by atoms with Crippen molar-refractivity contribution >= 4 is 23.3 Å². The summed E-state index contributed by atoms with van der Waals surface area (Å²) in [4.78, 5) is 28.3. The Bertz CT molecular complexity index is 766. The van der Waals surface area contributed by atoms with Gasteiger partial charge in [0.2, 0.25) is 5.91 Å². The Kier molecular flexibility index (Phi) is 4.59. The van der Waals surface area contributed by atoms with Crippen LogP contribution < -0.4 is 5.32 Å². The van der Waals surface area contributed by atoms with Gasteiger partial charge < -0.3 is 5.32 Å². The second kappa shape index (κ2) is 7.01. The number of carbonyl (C=O) groups is 2. The summed E-state index contributed by atoms with van der Waals surface area (Å²) in [6, 6.07) is 9.64. The molecule has 1 aliphatic heterocycles. The first-order chi connectivity index (χ1) is 12.3. The van der Waals surface area contributed by atoms with Gasteiger partial charge in [-0.3, -0.25) is 14.5 Å². The van der Waals surface area contributed by atoms with Crippen LogP contribution in [0.3, 0.4) is 0 Å². The molecular weight excluding hydrogens is 336 g/mol. The van der Waals surface area contributed by atoms with Crippen LogP contribution in [0, 0.1) is 5.92 Å². The zero-order valence-electron chi connectivity index (χ0n) is 13.9. The lowest BCUT2D eigenvalue weighted by molar-refractivity contribution is -0.133. The first-order valence-electron chi connectivity index (χ1n) is 8.71. The molecule has 6 nitrogen and oxygen atoms in total. The molecule has 2 fully saturated rings. The molecule has 1 aromatic carbocycles. The number of benzene rings is 1. The van der Waals surface area contributed by atoms with Crippen molar-refractivity contribution in [3.05, 3.63) is 36.0 Å². The molecule has 25 heavy (non-hydrogen) atoms. The first kappa shape index (κ1) is 16.4. The van der Waals surface area contributed by atoms with Gasteiger partial charge in [0, 0.05) is 12.6 Å². The molecular formula is C18H20N4O2S. The molecule has 2 amide bonds. The van der Waals surface area contributed by atoms with E-state index in [9.17, 15) is 9.59 Å². The number of rotatable bonds is 4. The summed E-state index contributed by atoms with van der Waals surface area (Å²) in [6.07, 6.45) is 3.57. The Balaban J connectivity index is 1.62. The molecule has 2 aromatic rings. The van der Waals surface area contributed by atoms with E-state index in [0.29, 0.717) is 12.2 Å². The van der Waals surface area contributed by atoms with Crippen molar-refractivity contribution in [3.63, 3.8) is 0 Å². The van der Waals surface area contributed by atoms with Gasteiger partial charge in [0.15, 0.2) is 5.69 Å². The van der Waals surface area contributed by atoms with E-state index in [0.717, 1.165) is 42.7 Å². The van der Waals surface area contributed by atoms with Crippen molar-refractivity contribution in [3.8, 4) is 10.4 Å². The Morgan fingerprint density at radius 2 is 1.96 bits per heavy atom. The third kappa shape index (κ3) is 3.34. The minimum atomic E-state index is -0.300. The molecule has 1 aromatic heterocycles. The van der Waals surface area contributed by atoms with E-state index in [1.54, 1.807) is 0 Å². The highest BCUT2D eigenvalue weighted by atomic mass is 32.1. The number of hydrogen-bond acceptors (Lipinski definition) is 6. The number of nitrogens with zero attached hydrogens (tertiary/aromatic N) is 3. The molecule has 1 saturated heterocycles. The molecule has 0 bridgehead atoms. The highest BCUT2D eigenvalue weighted by molar-refractivity contribution is 7.09. The third-order valence-electron chi connectivity index (χ3n) is 4.74. The molecule has 1 aliphatic carbocycles. The standard InChI is InChI=1S/C18H20N4O2S/c23-17(13-7-4-10-19-11-13)22(14-8-9-14)18(24)15-16(25-21-20-15)12-5-2-1-3-6-12/h1-3,5-6,13-14,19H,4,7-11H2. The van der Waals surface area contributed by atoms with E-state index in [1.807, 2.05) is 30.3 Å². The fraction of sp³-hybridized carbons (Fsp3) is 0.444. The molecule has 2 heterocycles. The summed E-state index contributed by atoms with van der Waals surface area (Å²) >= 11 is 1.20. The lowest BCUT2D eigenvalue weighted by atomic mass is 9.97. The van der Waals surface area contributed by atoms with Crippen LogP contribution in [0.25, 0.3) is 10.4 Å². The van der Waals surface area contributed by atoms with Crippen molar-refractivity contribution in [2.24, 2.45) is 5.92 Å². The maximum Gasteiger partial charge on any atom is 0.282 e. The molecule has 130 valence electrons. The number of amides is 2. The van der Waals surface area contributed by atoms with Gasteiger partial charge in [-0.25, -0.2) is 0 Å². The molecule has 1 saturated carbocycles. The summed E-state index contributed by atoms with van der Waals surface area (Å²) in [5, 5.41) is 7.32. The van der Waals surface area contributed by atoms with E-state index >= 15 is 0 Å². The Labute approximate surface area is 150 Å². The first-order valence-corrected chi connectivity index (χ1v) is 9.49. The maximum atomic E-state index is 13.2. The summed E-state index contributed by atoms with van der Waals surface area (Å²) in [5.74, 6) is -0.484. The molecule has 1 N–H and O–H groups in total. The van der Waals surface area contributed by atoms with Gasteiger partial charge in [-0.2, -0.15) is 0 Å². The zero-order chi connectivity index (χ0) is 17.2. The van der Waals surface area contributed by atoms with Crippen LogP contribution in [0.1, 0.15) is 36.2 Å². The smallest absolute Gasteiger partial charge is 0.282 e. The Hall–Kier alpha value is -2.12. The highest BCUT2D eigenvalue weighted by Gasteiger charge is 2.42. The topological polar surface area (TPSA) is 75.2 Å². The summed E-state index contributed by atoms with van der Waals surface area (Å²) in [5.41, 5.74) is 1.20. The lowest BCUT2D eigenvalue weighted by Crippen LogP contribution is -2.47. The molecule has 0 spiro atoms. The lowest BCUT2D eigenvalue weighted by Gasteiger charge is -2.28. The second-order valence-corrected chi connectivity index (χ2v) is 7.36. The van der Waals surface area contributed by atoms with Crippen LogP contribution in [0.15, 0.2) is 30.3 Å². The van der Waals surface area contributed by atoms with Crippen molar-refractivity contribution in [2.75, 3.05) is 13.1 Å². The van der Waals surface area contributed by atoms with E-state index in [1.165, 1.54) is 16.4 Å². The number of hydrogen-bond donors (Lipinski definition) is 1. The largest absolute Gasteiger partial charge is 0.316 e. The number of carbonyl (C=O) groups excluding carboxylic acids is 2. The van der Waals surface area contributed by atoms with Crippen molar-refractivity contribution < 1.29 is 9.59 Å². The monoisotopic (exact) mass is 356 g/mol.